The second-order valence-electron chi connectivity index (χ2n) is 5.18. The maximum absolute atomic E-state index is 9.35. The third-order valence-electron chi connectivity index (χ3n) is 3.37. The number of pyridine rings is 1. The Balaban J connectivity index is 1.69. The first-order valence-electron chi connectivity index (χ1n) is 7.43. The van der Waals surface area contributed by atoms with Crippen molar-refractivity contribution in [1.29, 1.82) is 0 Å². The largest absolute Gasteiger partial charge is 0.508 e. The molecule has 0 radical (unpaired) electrons. The highest BCUT2D eigenvalue weighted by Gasteiger charge is 2.07. The average molecular weight is 358 g/mol. The molecule has 0 atom stereocenters. The molecule has 122 valence electrons. The predicted octanol–water partition coefficient (Wildman–Crippen LogP) is 5.31. The molecule has 3 nitrogen and oxygen atoms in total. The fourth-order valence-electron chi connectivity index (χ4n) is 2.15. The van der Waals surface area contributed by atoms with Gasteiger partial charge in [0.1, 0.15) is 18.1 Å². The Bertz CT molecular complexity index is 794. The summed E-state index contributed by atoms with van der Waals surface area (Å²) in [7, 11) is 0. The van der Waals surface area contributed by atoms with Crippen LogP contribution in [0.4, 0.5) is 0 Å². The van der Waals surface area contributed by atoms with Gasteiger partial charge in [0.25, 0.3) is 0 Å². The maximum Gasteiger partial charge on any atom is 0.123 e. The summed E-state index contributed by atoms with van der Waals surface area (Å²) in [5, 5.41) is 10.0. The molecule has 3 aromatic rings. The molecule has 0 saturated heterocycles. The molecule has 1 N–H and O–H groups in total. The molecule has 0 saturated carbocycles. The highest BCUT2D eigenvalue weighted by molar-refractivity contribution is 7.98. The summed E-state index contributed by atoms with van der Waals surface area (Å²) in [4.78, 5) is 5.17. The Morgan fingerprint density at radius 3 is 2.67 bits per heavy atom. The first-order valence-corrected chi connectivity index (χ1v) is 8.79. The molecule has 0 bridgehead atoms. The van der Waals surface area contributed by atoms with Crippen molar-refractivity contribution in [2.75, 3.05) is 0 Å². The number of phenols is 1. The van der Waals surface area contributed by atoms with E-state index >= 15 is 0 Å². The molecule has 5 heteroatoms. The summed E-state index contributed by atoms with van der Waals surface area (Å²) < 4.78 is 5.93. The van der Waals surface area contributed by atoms with E-state index in [0.29, 0.717) is 11.6 Å². The molecule has 0 aliphatic heterocycles. The highest BCUT2D eigenvalue weighted by atomic mass is 35.5. The van der Waals surface area contributed by atoms with Crippen LogP contribution in [0.15, 0.2) is 71.9 Å². The molecule has 0 aliphatic rings. The minimum atomic E-state index is 0.266. The smallest absolute Gasteiger partial charge is 0.123 e. The zero-order chi connectivity index (χ0) is 16.8. The second kappa shape index (κ2) is 8.08. The minimum Gasteiger partial charge on any atom is -0.508 e. The van der Waals surface area contributed by atoms with Crippen LogP contribution in [0.2, 0.25) is 5.02 Å². The maximum atomic E-state index is 9.35. The first-order chi connectivity index (χ1) is 11.7. The molecule has 0 unspecified atom stereocenters. The molecule has 2 aromatic carbocycles. The van der Waals surface area contributed by atoms with Crippen molar-refractivity contribution in [1.82, 2.24) is 4.98 Å². The van der Waals surface area contributed by atoms with E-state index in [0.717, 1.165) is 27.5 Å². The number of thioether (sulfide) groups is 1. The Morgan fingerprint density at radius 1 is 1.08 bits per heavy atom. The molecular formula is C19H16ClNO2S. The highest BCUT2D eigenvalue weighted by Crippen LogP contribution is 2.31. The zero-order valence-corrected chi connectivity index (χ0v) is 14.4. The van der Waals surface area contributed by atoms with Crippen LogP contribution in [-0.4, -0.2) is 10.1 Å². The van der Waals surface area contributed by atoms with E-state index in [2.05, 4.69) is 4.98 Å². The van der Waals surface area contributed by atoms with E-state index in [9.17, 15) is 5.11 Å². The normalized spacial score (nSPS) is 10.5. The van der Waals surface area contributed by atoms with E-state index in [4.69, 9.17) is 16.3 Å². The third-order valence-corrected chi connectivity index (χ3v) is 4.67. The molecule has 0 amide bonds. The van der Waals surface area contributed by atoms with Crippen LogP contribution < -0.4 is 4.74 Å². The predicted molar refractivity (Wildman–Crippen MR) is 97.7 cm³/mol. The average Bonchev–Trinajstić information content (AvgIpc) is 2.61. The van der Waals surface area contributed by atoms with Gasteiger partial charge in [-0.15, -0.1) is 11.8 Å². The number of benzene rings is 2. The Morgan fingerprint density at radius 2 is 1.92 bits per heavy atom. The minimum absolute atomic E-state index is 0.266. The SMILES string of the molecule is Oc1ccc(SCc2cc(Cl)ccc2OCc2cccnc2)cc1. The number of aromatic nitrogens is 1. The van der Waals surface area contributed by atoms with Crippen molar-refractivity contribution in [3.8, 4) is 11.5 Å². The van der Waals surface area contributed by atoms with Crippen molar-refractivity contribution >= 4 is 23.4 Å². The van der Waals surface area contributed by atoms with Crippen molar-refractivity contribution < 1.29 is 9.84 Å². The van der Waals surface area contributed by atoms with Crippen molar-refractivity contribution in [3.63, 3.8) is 0 Å². The number of aromatic hydroxyl groups is 1. The molecular weight excluding hydrogens is 342 g/mol. The Kier molecular flexibility index (Phi) is 5.62. The fourth-order valence-corrected chi connectivity index (χ4v) is 3.22. The number of hydrogen-bond acceptors (Lipinski definition) is 4. The van der Waals surface area contributed by atoms with Gasteiger partial charge in [0.2, 0.25) is 0 Å². The number of nitrogens with zero attached hydrogens (tertiary/aromatic N) is 1. The number of ether oxygens (including phenoxy) is 1. The third kappa shape index (κ3) is 4.66. The van der Waals surface area contributed by atoms with Crippen molar-refractivity contribution in [2.24, 2.45) is 0 Å². The van der Waals surface area contributed by atoms with Crippen LogP contribution in [0.1, 0.15) is 11.1 Å². The number of halogens is 1. The van der Waals surface area contributed by atoms with Crippen LogP contribution in [0.3, 0.4) is 0 Å². The quantitative estimate of drug-likeness (QED) is 0.607. The van der Waals surface area contributed by atoms with Gasteiger partial charge >= 0.3 is 0 Å². The molecule has 24 heavy (non-hydrogen) atoms. The number of hydrogen-bond donors (Lipinski definition) is 1. The van der Waals surface area contributed by atoms with Crippen LogP contribution in [0.5, 0.6) is 11.5 Å². The molecule has 1 heterocycles. The monoisotopic (exact) mass is 357 g/mol. The van der Waals surface area contributed by atoms with Gasteiger partial charge in [-0.2, -0.15) is 0 Å². The number of phenolic OH excluding ortho intramolecular Hbond substituents is 1. The van der Waals surface area contributed by atoms with E-state index in [1.165, 1.54) is 0 Å². The molecule has 0 spiro atoms. The fraction of sp³-hybridized carbons (Fsp3) is 0.105. The summed E-state index contributed by atoms with van der Waals surface area (Å²) in [5.41, 5.74) is 2.05. The lowest BCUT2D eigenvalue weighted by Gasteiger charge is -2.12. The summed E-state index contributed by atoms with van der Waals surface area (Å²) >= 11 is 7.79. The van der Waals surface area contributed by atoms with Crippen LogP contribution >= 0.6 is 23.4 Å². The van der Waals surface area contributed by atoms with Gasteiger partial charge in [-0.25, -0.2) is 0 Å². The Labute approximate surface area is 150 Å². The lowest BCUT2D eigenvalue weighted by molar-refractivity contribution is 0.303. The van der Waals surface area contributed by atoms with Gasteiger partial charge in [0.15, 0.2) is 0 Å². The van der Waals surface area contributed by atoms with Crippen LogP contribution in [-0.2, 0) is 12.4 Å². The first kappa shape index (κ1) is 16.7. The summed E-state index contributed by atoms with van der Waals surface area (Å²) in [6, 6.07) is 16.7. The van der Waals surface area contributed by atoms with Crippen LogP contribution in [0.25, 0.3) is 0 Å². The zero-order valence-electron chi connectivity index (χ0n) is 12.9. The van der Waals surface area contributed by atoms with Gasteiger partial charge < -0.3 is 9.84 Å². The molecule has 0 fully saturated rings. The lowest BCUT2D eigenvalue weighted by Crippen LogP contribution is -1.98. The van der Waals surface area contributed by atoms with Crippen molar-refractivity contribution in [2.45, 2.75) is 17.3 Å². The van der Waals surface area contributed by atoms with Gasteiger partial charge in [0, 0.05) is 39.2 Å². The van der Waals surface area contributed by atoms with E-state index in [1.54, 1.807) is 36.3 Å². The van der Waals surface area contributed by atoms with Crippen LogP contribution in [0, 0.1) is 0 Å². The molecule has 0 aliphatic carbocycles. The van der Waals surface area contributed by atoms with Gasteiger partial charge in [-0.3, -0.25) is 4.98 Å². The summed E-state index contributed by atoms with van der Waals surface area (Å²) in [6.45, 7) is 0.465. The van der Waals surface area contributed by atoms with Gasteiger partial charge in [-0.1, -0.05) is 17.7 Å². The molecule has 1 aromatic heterocycles. The topological polar surface area (TPSA) is 42.4 Å². The Hall–Kier alpha value is -2.17. The summed E-state index contributed by atoms with van der Waals surface area (Å²) in [6.07, 6.45) is 3.53. The summed E-state index contributed by atoms with van der Waals surface area (Å²) in [5.74, 6) is 1.81. The van der Waals surface area contributed by atoms with Gasteiger partial charge in [-0.05, 0) is 48.5 Å². The molecule has 3 rings (SSSR count). The van der Waals surface area contributed by atoms with E-state index in [-0.39, 0.29) is 5.75 Å². The number of rotatable bonds is 6. The standard InChI is InChI=1S/C19H16ClNO2S/c20-16-3-8-19(23-12-14-2-1-9-21-11-14)15(10-16)13-24-18-6-4-17(22)5-7-18/h1-11,22H,12-13H2. The van der Waals surface area contributed by atoms with Gasteiger partial charge in [0.05, 0.1) is 0 Å². The second-order valence-corrected chi connectivity index (χ2v) is 6.67. The van der Waals surface area contributed by atoms with E-state index < -0.39 is 0 Å². The lowest BCUT2D eigenvalue weighted by atomic mass is 10.2. The van der Waals surface area contributed by atoms with Crippen molar-refractivity contribution in [3.05, 3.63) is 83.1 Å². The van der Waals surface area contributed by atoms with E-state index in [1.807, 2.05) is 42.5 Å².